The summed E-state index contributed by atoms with van der Waals surface area (Å²) in [7, 11) is 0. The summed E-state index contributed by atoms with van der Waals surface area (Å²) in [5, 5.41) is 0. The van der Waals surface area contributed by atoms with E-state index < -0.39 is 0 Å². The van der Waals surface area contributed by atoms with E-state index in [-0.39, 0.29) is 0 Å². The molecule has 0 N–H and O–H groups in total. The standard InChI is InChI=1S/C14H19IN2/c15-12-4-6-13(7-5-12)17-10-2-9-16-8-1-3-14(16)11-17/h4-7,14H,1-3,8-11H2. The summed E-state index contributed by atoms with van der Waals surface area (Å²) in [5.41, 5.74) is 1.40. The van der Waals surface area contributed by atoms with Gasteiger partial charge in [-0.15, -0.1) is 0 Å². The Kier molecular flexibility index (Phi) is 3.56. The lowest BCUT2D eigenvalue weighted by Gasteiger charge is -2.27. The van der Waals surface area contributed by atoms with Gasteiger partial charge in [-0.1, -0.05) is 0 Å². The molecule has 17 heavy (non-hydrogen) atoms. The molecule has 0 amide bonds. The topological polar surface area (TPSA) is 6.48 Å². The van der Waals surface area contributed by atoms with Gasteiger partial charge in [0, 0.05) is 34.9 Å². The van der Waals surface area contributed by atoms with Gasteiger partial charge >= 0.3 is 0 Å². The Morgan fingerprint density at radius 3 is 2.59 bits per heavy atom. The van der Waals surface area contributed by atoms with Crippen molar-refractivity contribution in [3.8, 4) is 0 Å². The lowest BCUT2D eigenvalue weighted by atomic mass is 10.2. The average Bonchev–Trinajstić information content (AvgIpc) is 2.68. The second kappa shape index (κ2) is 5.14. The number of benzene rings is 1. The Bertz CT molecular complexity index is 376. The first-order chi connectivity index (χ1) is 8.33. The highest BCUT2D eigenvalue weighted by atomic mass is 127. The van der Waals surface area contributed by atoms with Crippen molar-refractivity contribution in [1.29, 1.82) is 0 Å². The molecule has 3 heteroatoms. The summed E-state index contributed by atoms with van der Waals surface area (Å²) in [6.07, 6.45) is 4.09. The number of anilines is 1. The summed E-state index contributed by atoms with van der Waals surface area (Å²) in [6, 6.07) is 9.77. The molecule has 92 valence electrons. The second-order valence-electron chi connectivity index (χ2n) is 5.11. The van der Waals surface area contributed by atoms with Crippen LogP contribution >= 0.6 is 22.6 Å². The third-order valence-electron chi connectivity index (χ3n) is 4.00. The maximum Gasteiger partial charge on any atom is 0.0367 e. The Labute approximate surface area is 117 Å². The molecule has 2 aliphatic rings. The second-order valence-corrected chi connectivity index (χ2v) is 6.35. The van der Waals surface area contributed by atoms with Gasteiger partial charge in [0.25, 0.3) is 0 Å². The normalized spacial score (nSPS) is 25.7. The van der Waals surface area contributed by atoms with Gasteiger partial charge in [-0.2, -0.15) is 0 Å². The van der Waals surface area contributed by atoms with Crippen LogP contribution in [0.3, 0.4) is 0 Å². The predicted octanol–water partition coefficient (Wildman–Crippen LogP) is 2.97. The first-order valence-electron chi connectivity index (χ1n) is 6.57. The Balaban J connectivity index is 1.76. The maximum atomic E-state index is 2.69. The van der Waals surface area contributed by atoms with E-state index in [1.54, 1.807) is 0 Å². The van der Waals surface area contributed by atoms with E-state index in [1.807, 2.05) is 0 Å². The fraction of sp³-hybridized carbons (Fsp3) is 0.571. The van der Waals surface area contributed by atoms with E-state index >= 15 is 0 Å². The maximum absolute atomic E-state index is 2.69. The molecule has 2 fully saturated rings. The van der Waals surface area contributed by atoms with Crippen LogP contribution < -0.4 is 4.90 Å². The van der Waals surface area contributed by atoms with Crippen molar-refractivity contribution in [3.05, 3.63) is 27.8 Å². The minimum absolute atomic E-state index is 0.803. The lowest BCUT2D eigenvalue weighted by molar-refractivity contribution is 0.273. The van der Waals surface area contributed by atoms with Gasteiger partial charge in [0.05, 0.1) is 0 Å². The predicted molar refractivity (Wildman–Crippen MR) is 80.6 cm³/mol. The minimum atomic E-state index is 0.803. The molecule has 0 bridgehead atoms. The first-order valence-corrected chi connectivity index (χ1v) is 7.65. The van der Waals surface area contributed by atoms with Gasteiger partial charge in [-0.3, -0.25) is 4.90 Å². The van der Waals surface area contributed by atoms with E-state index in [9.17, 15) is 0 Å². The average molecular weight is 342 g/mol. The van der Waals surface area contributed by atoms with Gasteiger partial charge in [0.1, 0.15) is 0 Å². The molecule has 2 saturated heterocycles. The van der Waals surface area contributed by atoms with E-state index in [2.05, 4.69) is 56.7 Å². The van der Waals surface area contributed by atoms with Gasteiger partial charge in [-0.25, -0.2) is 0 Å². The highest BCUT2D eigenvalue weighted by molar-refractivity contribution is 14.1. The number of fused-ring (bicyclic) bond motifs is 1. The van der Waals surface area contributed by atoms with Crippen LogP contribution in [0.25, 0.3) is 0 Å². The van der Waals surface area contributed by atoms with E-state index in [4.69, 9.17) is 0 Å². The molecule has 1 unspecified atom stereocenters. The number of nitrogens with zero attached hydrogens (tertiary/aromatic N) is 2. The molecule has 3 rings (SSSR count). The van der Waals surface area contributed by atoms with Crippen LogP contribution in [0.1, 0.15) is 19.3 Å². The number of hydrogen-bond acceptors (Lipinski definition) is 2. The van der Waals surface area contributed by atoms with E-state index in [0.29, 0.717) is 0 Å². The van der Waals surface area contributed by atoms with Crippen LogP contribution in [0, 0.1) is 3.57 Å². The quantitative estimate of drug-likeness (QED) is 0.724. The van der Waals surface area contributed by atoms with Crippen LogP contribution in [0.4, 0.5) is 5.69 Å². The van der Waals surface area contributed by atoms with Gasteiger partial charge in [-0.05, 0) is 72.7 Å². The molecule has 1 atom stereocenters. The molecule has 0 aromatic heterocycles. The lowest BCUT2D eigenvalue weighted by Crippen LogP contribution is -2.36. The zero-order valence-electron chi connectivity index (χ0n) is 10.1. The summed E-state index contributed by atoms with van der Waals surface area (Å²) >= 11 is 2.37. The highest BCUT2D eigenvalue weighted by Crippen LogP contribution is 2.25. The summed E-state index contributed by atoms with van der Waals surface area (Å²) in [5.74, 6) is 0. The van der Waals surface area contributed by atoms with Crippen molar-refractivity contribution in [2.24, 2.45) is 0 Å². The van der Waals surface area contributed by atoms with Crippen LogP contribution in [-0.4, -0.2) is 37.1 Å². The van der Waals surface area contributed by atoms with Gasteiger partial charge < -0.3 is 4.90 Å². The van der Waals surface area contributed by atoms with Crippen LogP contribution in [0.2, 0.25) is 0 Å². The fourth-order valence-electron chi connectivity index (χ4n) is 3.09. The van der Waals surface area contributed by atoms with Crippen molar-refractivity contribution in [2.75, 3.05) is 31.1 Å². The van der Waals surface area contributed by atoms with Crippen molar-refractivity contribution < 1.29 is 0 Å². The summed E-state index contributed by atoms with van der Waals surface area (Å²) in [4.78, 5) is 5.26. The Morgan fingerprint density at radius 2 is 1.76 bits per heavy atom. The Hall–Kier alpha value is -0.290. The summed E-state index contributed by atoms with van der Waals surface area (Å²) in [6.45, 7) is 5.06. The third kappa shape index (κ3) is 2.60. The molecule has 1 aromatic rings. The minimum Gasteiger partial charge on any atom is -0.370 e. The largest absolute Gasteiger partial charge is 0.370 e. The molecule has 0 aliphatic carbocycles. The molecule has 2 nitrogen and oxygen atoms in total. The van der Waals surface area contributed by atoms with Crippen molar-refractivity contribution in [1.82, 2.24) is 4.90 Å². The molecule has 0 saturated carbocycles. The number of halogens is 1. The van der Waals surface area contributed by atoms with Crippen molar-refractivity contribution in [3.63, 3.8) is 0 Å². The first kappa shape index (κ1) is 11.8. The van der Waals surface area contributed by atoms with Gasteiger partial charge in [0.15, 0.2) is 0 Å². The third-order valence-corrected chi connectivity index (χ3v) is 4.71. The molecule has 2 heterocycles. The SMILES string of the molecule is Ic1ccc(N2CCCN3CCCC3C2)cc1. The number of rotatable bonds is 1. The number of hydrogen-bond donors (Lipinski definition) is 0. The molecular weight excluding hydrogens is 323 g/mol. The molecule has 0 spiro atoms. The molecule has 1 aromatic carbocycles. The Morgan fingerprint density at radius 1 is 1.00 bits per heavy atom. The molecule has 2 aliphatic heterocycles. The van der Waals surface area contributed by atoms with Crippen LogP contribution in [0.5, 0.6) is 0 Å². The smallest absolute Gasteiger partial charge is 0.0367 e. The molecular formula is C14H19IN2. The van der Waals surface area contributed by atoms with Crippen molar-refractivity contribution >= 4 is 28.3 Å². The zero-order valence-corrected chi connectivity index (χ0v) is 12.3. The summed E-state index contributed by atoms with van der Waals surface area (Å²) < 4.78 is 1.32. The van der Waals surface area contributed by atoms with E-state index in [0.717, 1.165) is 6.04 Å². The van der Waals surface area contributed by atoms with Crippen molar-refractivity contribution in [2.45, 2.75) is 25.3 Å². The van der Waals surface area contributed by atoms with Crippen LogP contribution in [-0.2, 0) is 0 Å². The monoisotopic (exact) mass is 342 g/mol. The van der Waals surface area contributed by atoms with Gasteiger partial charge in [0.2, 0.25) is 0 Å². The highest BCUT2D eigenvalue weighted by Gasteiger charge is 2.28. The van der Waals surface area contributed by atoms with Crippen LogP contribution in [0.15, 0.2) is 24.3 Å². The van der Waals surface area contributed by atoms with E-state index in [1.165, 1.54) is 54.7 Å². The molecule has 0 radical (unpaired) electrons. The zero-order chi connectivity index (χ0) is 11.7. The fourth-order valence-corrected chi connectivity index (χ4v) is 3.45.